The van der Waals surface area contributed by atoms with Gasteiger partial charge >= 0.3 is 0 Å². The number of nitro benzene ring substituents is 1. The molecule has 1 unspecified atom stereocenters. The Kier molecular flexibility index (Phi) is 21.2. The Balaban J connectivity index is 0.615. The van der Waals surface area contributed by atoms with E-state index in [1.165, 1.54) is 39.6 Å². The molecule has 29 heteroatoms. The number of amides is 5. The second-order valence-electron chi connectivity index (χ2n) is 24.3. The molecular weight excluding hydrogens is 1270 g/mol. The number of imide groups is 2. The van der Waals surface area contributed by atoms with Gasteiger partial charge in [-0.15, -0.1) is 0 Å². The number of nitrogens with one attached hydrogen (secondary N) is 5. The average Bonchev–Trinajstić information content (AvgIpc) is 1.62. The number of aromatic nitrogens is 4. The zero-order valence-corrected chi connectivity index (χ0v) is 54.5. The smallest absolute Gasteiger partial charge is 0.293 e. The van der Waals surface area contributed by atoms with Crippen LogP contribution < -0.4 is 31.1 Å². The molecule has 3 aromatic heterocycles. The minimum atomic E-state index is -4.73. The second-order valence-corrected chi connectivity index (χ2v) is 26.4. The summed E-state index contributed by atoms with van der Waals surface area (Å²) in [7, 11) is -3.19. The van der Waals surface area contributed by atoms with Gasteiger partial charge in [-0.1, -0.05) is 49.2 Å². The number of fused-ring (bicyclic) bond motifs is 3. The molecule has 5 amide bonds. The number of anilines is 3. The van der Waals surface area contributed by atoms with E-state index in [1.54, 1.807) is 48.3 Å². The van der Waals surface area contributed by atoms with Crippen LogP contribution in [-0.4, -0.2) is 190 Å². The number of nitrogens with zero attached hydrogens (tertiary/aromatic N) is 7. The molecule has 1 atom stereocenters. The average molecular weight is 1340 g/mol. The number of rotatable bonds is 30. The van der Waals surface area contributed by atoms with E-state index in [0.29, 0.717) is 79.9 Å². The second kappa shape index (κ2) is 29.8. The van der Waals surface area contributed by atoms with Crippen molar-refractivity contribution >= 4 is 102 Å². The van der Waals surface area contributed by atoms with Crippen molar-refractivity contribution in [2.75, 3.05) is 127 Å². The molecule has 4 aliphatic rings. The number of allylic oxidation sites excluding steroid dienone is 1. The van der Waals surface area contributed by atoms with E-state index < -0.39 is 66.7 Å². The van der Waals surface area contributed by atoms with Crippen molar-refractivity contribution in [3.63, 3.8) is 0 Å². The van der Waals surface area contributed by atoms with Gasteiger partial charge in [0.2, 0.25) is 11.8 Å². The van der Waals surface area contributed by atoms with Crippen LogP contribution in [0.25, 0.3) is 33.3 Å². The minimum absolute atomic E-state index is 0.0265. The standard InChI is InChI=1S/C66H75ClN12O15S/c1-66(2)19-17-44(50(40-66)42-7-9-45(67)10-8-42)41-75-23-25-76(26-24-75)46-11-13-48(54(38-46)78-56-37-43-18-20-70-60(43)72-59(56)65(85)74(78)3)61(81)73-95(88,89)47-12-14-51(55(39-47)79(86)87)68-21-27-90-29-31-92-33-35-94-36-34-93-32-30-91-28-22-69-52-6-4-5-49-58(52)64(84)77(63(49)83)53-15-16-57(80)71-62(53)82/h4-14,18,20,37-39,53,68-69H,15-17,19,21-36,40-41H2,1-3H3,(H,70,72)(H,73,81)(H,71,80,82). The lowest BCUT2D eigenvalue weighted by Gasteiger charge is -2.39. The predicted octanol–water partition coefficient (Wildman–Crippen LogP) is 6.68. The molecule has 502 valence electrons. The van der Waals surface area contributed by atoms with Crippen LogP contribution in [0.3, 0.4) is 0 Å². The van der Waals surface area contributed by atoms with E-state index in [9.17, 15) is 47.3 Å². The first-order chi connectivity index (χ1) is 45.7. The summed E-state index contributed by atoms with van der Waals surface area (Å²) in [6, 6.07) is 23.8. The van der Waals surface area contributed by atoms with Crippen LogP contribution in [0.4, 0.5) is 22.7 Å². The molecule has 6 heterocycles. The summed E-state index contributed by atoms with van der Waals surface area (Å²) < 4.78 is 61.1. The predicted molar refractivity (Wildman–Crippen MR) is 355 cm³/mol. The van der Waals surface area contributed by atoms with Crippen LogP contribution in [-0.2, 0) is 50.3 Å². The van der Waals surface area contributed by atoms with E-state index in [-0.39, 0.29) is 91.4 Å². The van der Waals surface area contributed by atoms with Crippen LogP contribution in [0.15, 0.2) is 112 Å². The third-order valence-corrected chi connectivity index (χ3v) is 18.9. The number of H-pyrrole nitrogens is 1. The van der Waals surface area contributed by atoms with Gasteiger partial charge in [0.15, 0.2) is 5.52 Å². The number of pyridine rings is 1. The third kappa shape index (κ3) is 15.6. The van der Waals surface area contributed by atoms with E-state index in [4.69, 9.17) is 35.3 Å². The Labute approximate surface area is 552 Å². The fourth-order valence-corrected chi connectivity index (χ4v) is 13.5. The number of piperazine rings is 1. The van der Waals surface area contributed by atoms with Crippen LogP contribution in [0, 0.1) is 15.5 Å². The summed E-state index contributed by atoms with van der Waals surface area (Å²) in [6.07, 6.45) is 4.87. The number of benzene rings is 4. The van der Waals surface area contributed by atoms with Gasteiger partial charge in [-0.2, -0.15) is 0 Å². The normalized spacial score (nSPS) is 16.9. The number of piperidine rings is 1. The summed E-state index contributed by atoms with van der Waals surface area (Å²) in [5.41, 5.74) is 5.87. The maximum Gasteiger partial charge on any atom is 0.293 e. The van der Waals surface area contributed by atoms with Crippen molar-refractivity contribution in [1.29, 1.82) is 0 Å². The molecule has 2 saturated heterocycles. The molecule has 27 nitrogen and oxygen atoms in total. The lowest BCUT2D eigenvalue weighted by molar-refractivity contribution is -0.384. The monoisotopic (exact) mass is 1340 g/mol. The van der Waals surface area contributed by atoms with Crippen LogP contribution in [0.5, 0.6) is 0 Å². The van der Waals surface area contributed by atoms with Crippen molar-refractivity contribution in [2.45, 2.75) is 56.9 Å². The van der Waals surface area contributed by atoms with Crippen molar-refractivity contribution in [2.24, 2.45) is 12.5 Å². The zero-order valence-electron chi connectivity index (χ0n) is 52.9. The lowest BCUT2D eigenvalue weighted by Crippen LogP contribution is -2.54. The molecule has 95 heavy (non-hydrogen) atoms. The first kappa shape index (κ1) is 67.5. The van der Waals surface area contributed by atoms with Gasteiger partial charge in [-0.25, -0.2) is 27.5 Å². The number of ether oxygens (including phenoxy) is 5. The molecule has 2 fully saturated rings. The maximum atomic E-state index is 14.5. The third-order valence-electron chi connectivity index (χ3n) is 17.3. The maximum absolute atomic E-state index is 14.5. The molecule has 3 aliphatic heterocycles. The number of nitro groups is 1. The number of carbonyl (C=O) groups excluding carboxylic acids is 5. The van der Waals surface area contributed by atoms with Gasteiger partial charge in [0.05, 0.1) is 104 Å². The molecule has 0 spiro atoms. The van der Waals surface area contributed by atoms with Crippen molar-refractivity contribution < 1.29 is 61.0 Å². The SMILES string of the molecule is Cn1c(=O)c2nc3[nH]ccc3cc2n1-c1cc(N2CCN(CC3=C(c4ccc(Cl)cc4)CC(C)(C)CC3)CC2)ccc1C(=O)NS(=O)(=O)c1ccc(NCCOCCOCCOCCOCCOCCNc2cccc3c2C(=O)N(C2CCC(=O)NC2=O)C3=O)c([N+](=O)[O-])c1. The molecule has 7 aromatic rings. The molecule has 0 radical (unpaired) electrons. The highest BCUT2D eigenvalue weighted by Gasteiger charge is 2.46. The molecule has 5 N–H and O–H groups in total. The number of hydrogen-bond acceptors (Lipinski definition) is 20. The summed E-state index contributed by atoms with van der Waals surface area (Å²) >= 11 is 6.28. The van der Waals surface area contributed by atoms with Crippen molar-refractivity contribution in [3.05, 3.63) is 151 Å². The van der Waals surface area contributed by atoms with E-state index in [0.717, 1.165) is 61.6 Å². The van der Waals surface area contributed by atoms with E-state index >= 15 is 0 Å². The molecule has 1 aliphatic carbocycles. The van der Waals surface area contributed by atoms with Gasteiger partial charge in [0.1, 0.15) is 17.4 Å². The number of sulfonamides is 1. The van der Waals surface area contributed by atoms with Crippen LogP contribution >= 0.6 is 11.6 Å². The molecule has 0 bridgehead atoms. The highest BCUT2D eigenvalue weighted by molar-refractivity contribution is 7.90. The Bertz CT molecular complexity index is 4270. The van der Waals surface area contributed by atoms with Crippen molar-refractivity contribution in [3.8, 4) is 5.69 Å². The molecular formula is C66H75ClN12O15S. The Morgan fingerprint density at radius 3 is 2.11 bits per heavy atom. The Morgan fingerprint density at radius 1 is 0.779 bits per heavy atom. The number of halogens is 1. The lowest BCUT2D eigenvalue weighted by atomic mass is 9.72. The number of carbonyl (C=O) groups is 5. The number of hydrogen-bond donors (Lipinski definition) is 5. The summed E-state index contributed by atoms with van der Waals surface area (Å²) in [5.74, 6) is -3.33. The fraction of sp³-hybridized carbons (Fsp3) is 0.409. The van der Waals surface area contributed by atoms with Gasteiger partial charge in [-0.05, 0) is 109 Å². The highest BCUT2D eigenvalue weighted by atomic mass is 35.5. The zero-order chi connectivity index (χ0) is 67.0. The van der Waals surface area contributed by atoms with Crippen LogP contribution in [0.2, 0.25) is 5.02 Å². The number of aromatic amines is 1. The highest BCUT2D eigenvalue weighted by Crippen LogP contribution is 2.44. The van der Waals surface area contributed by atoms with Gasteiger partial charge < -0.3 is 44.2 Å². The minimum Gasteiger partial charge on any atom is -0.382 e. The Morgan fingerprint density at radius 2 is 1.44 bits per heavy atom. The van der Waals surface area contributed by atoms with Crippen LogP contribution in [0.1, 0.15) is 82.6 Å². The summed E-state index contributed by atoms with van der Waals surface area (Å²) in [6.45, 7) is 11.4. The largest absolute Gasteiger partial charge is 0.382 e. The van der Waals surface area contributed by atoms with Gasteiger partial charge in [-0.3, -0.25) is 54.0 Å². The van der Waals surface area contributed by atoms with Gasteiger partial charge in [0, 0.05) is 93.3 Å². The van der Waals surface area contributed by atoms with Crippen molar-refractivity contribution in [1.82, 2.24) is 39.2 Å². The molecule has 0 saturated carbocycles. The fourth-order valence-electron chi connectivity index (χ4n) is 12.3. The molecule has 11 rings (SSSR count). The van der Waals surface area contributed by atoms with Gasteiger partial charge in [0.25, 0.3) is 39.0 Å². The summed E-state index contributed by atoms with van der Waals surface area (Å²) in [4.78, 5) is 103. The summed E-state index contributed by atoms with van der Waals surface area (Å²) in [5, 5.41) is 22.0. The first-order valence-electron chi connectivity index (χ1n) is 31.5. The quantitative estimate of drug-likeness (QED) is 0.0136. The van der Waals surface area contributed by atoms with E-state index in [1.807, 2.05) is 18.2 Å². The van der Waals surface area contributed by atoms with E-state index in [2.05, 4.69) is 66.4 Å². The molecule has 4 aromatic carbocycles. The first-order valence-corrected chi connectivity index (χ1v) is 33.3. The topological polar surface area (TPSA) is 322 Å². The Hall–Kier alpha value is -8.87.